The van der Waals surface area contributed by atoms with Crippen molar-refractivity contribution >= 4 is 33.7 Å². The molecule has 2 bridgehead atoms. The Kier molecular flexibility index (Phi) is 7.75. The molecule has 0 aromatic carbocycles. The highest BCUT2D eigenvalue weighted by Gasteiger charge is 2.77. The predicted octanol–water partition coefficient (Wildman–Crippen LogP) is 1.57. The lowest BCUT2D eigenvalue weighted by atomic mass is 9.70. The first-order valence-corrected chi connectivity index (χ1v) is 12.5. The highest BCUT2D eigenvalue weighted by atomic mass is 79.9. The number of halogens is 1. The summed E-state index contributed by atoms with van der Waals surface area (Å²) in [7, 11) is 1.68. The van der Waals surface area contributed by atoms with Crippen molar-refractivity contribution in [3.63, 3.8) is 0 Å². The van der Waals surface area contributed by atoms with E-state index in [1.54, 1.807) is 29.0 Å². The largest absolute Gasteiger partial charge is 0.394 e. The van der Waals surface area contributed by atoms with Crippen molar-refractivity contribution < 1.29 is 24.2 Å². The Morgan fingerprint density at radius 2 is 1.94 bits per heavy atom. The quantitative estimate of drug-likeness (QED) is 0.345. The lowest BCUT2D eigenvalue weighted by molar-refractivity contribution is -0.152. The van der Waals surface area contributed by atoms with Crippen LogP contribution in [-0.2, 0) is 19.1 Å². The number of likely N-dealkylation sites (tertiary alicyclic amines) is 1. The molecule has 8 nitrogen and oxygen atoms in total. The van der Waals surface area contributed by atoms with Gasteiger partial charge in [0.05, 0.1) is 30.6 Å². The minimum absolute atomic E-state index is 0.119. The van der Waals surface area contributed by atoms with Crippen LogP contribution in [0.1, 0.15) is 33.6 Å². The maximum atomic E-state index is 14.0. The Morgan fingerprint density at radius 3 is 2.45 bits per heavy atom. The Hall–Kier alpha value is -1.71. The number of alkyl halides is 1. The molecule has 0 saturated carbocycles. The summed E-state index contributed by atoms with van der Waals surface area (Å²) in [4.78, 5) is 46.0. The monoisotopic (exact) mass is 525 g/mol. The molecule has 0 aromatic rings. The molecule has 7 atom stereocenters. The number of amides is 3. The van der Waals surface area contributed by atoms with Crippen molar-refractivity contribution in [3.8, 4) is 0 Å². The summed E-state index contributed by atoms with van der Waals surface area (Å²) >= 11 is 3.67. The number of carbonyl (C=O) groups is 3. The van der Waals surface area contributed by atoms with E-state index in [0.717, 1.165) is 0 Å². The maximum Gasteiger partial charge on any atom is 0.248 e. The number of hydrogen-bond acceptors (Lipinski definition) is 5. The highest BCUT2D eigenvalue weighted by molar-refractivity contribution is 9.09. The lowest BCUT2D eigenvalue weighted by Gasteiger charge is -2.40. The zero-order valence-corrected chi connectivity index (χ0v) is 21.5. The van der Waals surface area contributed by atoms with E-state index in [4.69, 9.17) is 4.74 Å². The summed E-state index contributed by atoms with van der Waals surface area (Å²) < 4.78 is 6.50. The molecule has 0 radical (unpaired) electrons. The van der Waals surface area contributed by atoms with Crippen molar-refractivity contribution in [2.45, 2.75) is 68.3 Å². The number of ether oxygens (including phenoxy) is 1. The van der Waals surface area contributed by atoms with Crippen LogP contribution in [0.3, 0.4) is 0 Å². The molecule has 0 aliphatic carbocycles. The first-order valence-electron chi connectivity index (χ1n) is 11.6. The third-order valence-corrected chi connectivity index (χ3v) is 8.18. The molecule has 3 rings (SSSR count). The molecule has 0 aromatic heterocycles. The van der Waals surface area contributed by atoms with Gasteiger partial charge in [-0.1, -0.05) is 35.0 Å². The topological polar surface area (TPSA) is 90.4 Å². The first kappa shape index (κ1) is 25.9. The minimum atomic E-state index is -1.13. The molecule has 3 amide bonds. The van der Waals surface area contributed by atoms with Crippen molar-refractivity contribution in [3.05, 3.63) is 25.3 Å². The number of fused-ring (bicyclic) bond motifs is 1. The molecule has 3 aliphatic heterocycles. The van der Waals surface area contributed by atoms with E-state index >= 15 is 0 Å². The molecular formula is C24H36BrN3O5. The summed E-state index contributed by atoms with van der Waals surface area (Å²) in [6.45, 7) is 13.6. The Labute approximate surface area is 204 Å². The Bertz CT molecular complexity index is 816. The fourth-order valence-corrected chi connectivity index (χ4v) is 6.77. The van der Waals surface area contributed by atoms with Gasteiger partial charge in [0.15, 0.2) is 0 Å². The van der Waals surface area contributed by atoms with Gasteiger partial charge in [-0.15, -0.1) is 13.2 Å². The van der Waals surface area contributed by atoms with Crippen LogP contribution >= 0.6 is 15.9 Å². The van der Waals surface area contributed by atoms with Crippen LogP contribution in [0, 0.1) is 11.8 Å². The first-order chi connectivity index (χ1) is 15.6. The minimum Gasteiger partial charge on any atom is -0.394 e. The van der Waals surface area contributed by atoms with Gasteiger partial charge in [-0.25, -0.2) is 0 Å². The van der Waals surface area contributed by atoms with Gasteiger partial charge in [-0.2, -0.15) is 0 Å². The molecule has 3 unspecified atom stereocenters. The van der Waals surface area contributed by atoms with Gasteiger partial charge < -0.3 is 24.5 Å². The van der Waals surface area contributed by atoms with Crippen LogP contribution in [0.4, 0.5) is 0 Å². The average molecular weight is 526 g/mol. The second kappa shape index (κ2) is 9.88. The number of likely N-dealkylation sites (N-methyl/N-ethyl adjacent to an activating group) is 1. The highest BCUT2D eigenvalue weighted by Crippen LogP contribution is 2.60. The second-order valence-electron chi connectivity index (χ2n) is 9.53. The van der Waals surface area contributed by atoms with Gasteiger partial charge in [0.25, 0.3) is 0 Å². The number of aliphatic hydroxyl groups excluding tert-OH is 1. The number of aliphatic hydroxyl groups is 1. The van der Waals surface area contributed by atoms with Gasteiger partial charge in [-0.05, 0) is 26.7 Å². The summed E-state index contributed by atoms with van der Waals surface area (Å²) in [5, 5.41) is 10.1. The van der Waals surface area contributed by atoms with Crippen LogP contribution in [0.2, 0.25) is 0 Å². The predicted molar refractivity (Wildman–Crippen MR) is 129 cm³/mol. The molecular weight excluding hydrogens is 490 g/mol. The van der Waals surface area contributed by atoms with Crippen molar-refractivity contribution in [2.24, 2.45) is 11.8 Å². The zero-order valence-electron chi connectivity index (χ0n) is 19.9. The Morgan fingerprint density at radius 1 is 1.30 bits per heavy atom. The molecule has 33 heavy (non-hydrogen) atoms. The molecule has 3 heterocycles. The van der Waals surface area contributed by atoms with E-state index in [2.05, 4.69) is 29.1 Å². The summed E-state index contributed by atoms with van der Waals surface area (Å²) in [5.41, 5.74) is -1.13. The van der Waals surface area contributed by atoms with Crippen molar-refractivity contribution in [2.75, 3.05) is 26.7 Å². The molecule has 1 spiro atoms. The van der Waals surface area contributed by atoms with E-state index in [1.165, 1.54) is 4.90 Å². The maximum absolute atomic E-state index is 14.0. The van der Waals surface area contributed by atoms with Gasteiger partial charge in [0.2, 0.25) is 17.7 Å². The van der Waals surface area contributed by atoms with Gasteiger partial charge in [0.1, 0.15) is 11.6 Å². The molecule has 3 saturated heterocycles. The number of nitrogens with zero attached hydrogens (tertiary/aromatic N) is 3. The number of rotatable bonds is 10. The van der Waals surface area contributed by atoms with Crippen molar-refractivity contribution in [1.29, 1.82) is 0 Å². The normalized spacial score (nSPS) is 33.2. The van der Waals surface area contributed by atoms with E-state index in [0.29, 0.717) is 25.9 Å². The molecule has 184 valence electrons. The molecule has 9 heteroatoms. The fourth-order valence-electron chi connectivity index (χ4n) is 5.83. The molecule has 1 N–H and O–H groups in total. The van der Waals surface area contributed by atoms with Gasteiger partial charge >= 0.3 is 0 Å². The second-order valence-corrected chi connectivity index (χ2v) is 10.7. The van der Waals surface area contributed by atoms with Gasteiger partial charge in [0, 0.05) is 31.0 Å². The molecule has 3 aliphatic rings. The van der Waals surface area contributed by atoms with Gasteiger partial charge in [-0.3, -0.25) is 14.4 Å². The lowest BCUT2D eigenvalue weighted by Crippen LogP contribution is -2.60. The Balaban J connectivity index is 2.13. The van der Waals surface area contributed by atoms with E-state index < -0.39 is 35.6 Å². The van der Waals surface area contributed by atoms with E-state index in [9.17, 15) is 19.5 Å². The number of hydrogen-bond donors (Lipinski definition) is 1. The van der Waals surface area contributed by atoms with Crippen LogP contribution in [0.25, 0.3) is 0 Å². The number of carbonyl (C=O) groups excluding carboxylic acids is 3. The van der Waals surface area contributed by atoms with Crippen LogP contribution in [0.5, 0.6) is 0 Å². The standard InChI is InChI=1S/C24H36BrN3O5/c1-7-10-26(6)21(30)17-18-22(31)28(15(9-3)13-29)20(23(32)27(11-8-2)14(4)5)24(18)12-16(25)19(17)33-24/h7-8,14-20,29H,1-2,9-13H2,3-6H3/t15-,16?,17-,18-,19-,20?,24?/m0/s1. The van der Waals surface area contributed by atoms with E-state index in [-0.39, 0.29) is 35.2 Å². The van der Waals surface area contributed by atoms with Crippen molar-refractivity contribution in [1.82, 2.24) is 14.7 Å². The third-order valence-electron chi connectivity index (χ3n) is 7.33. The smallest absolute Gasteiger partial charge is 0.248 e. The SMILES string of the molecule is C=CCN(C)C(=O)[C@H]1[C@H]2C(=O)N([C@@H](CC)CO)C(C(=O)N(CC=C)C(C)C)C23CC(Br)[C@@H]1O3. The van der Waals surface area contributed by atoms with Crippen LogP contribution in [-0.4, -0.2) is 98.9 Å². The van der Waals surface area contributed by atoms with Crippen LogP contribution < -0.4 is 0 Å². The third kappa shape index (κ3) is 3.96. The summed E-state index contributed by atoms with van der Waals surface area (Å²) in [5.74, 6) is -2.20. The average Bonchev–Trinajstić information content (AvgIpc) is 3.36. The molecule has 3 fully saturated rings. The van der Waals surface area contributed by atoms with Crippen LogP contribution in [0.15, 0.2) is 25.3 Å². The fraction of sp³-hybridized carbons (Fsp3) is 0.708. The summed E-state index contributed by atoms with van der Waals surface area (Å²) in [6, 6.07) is -1.57. The van der Waals surface area contributed by atoms with E-state index in [1.807, 2.05) is 20.8 Å². The zero-order chi connectivity index (χ0) is 24.7. The summed E-state index contributed by atoms with van der Waals surface area (Å²) in [6.07, 6.45) is 3.72.